The third kappa shape index (κ3) is 1.71. The number of nitrogens with zero attached hydrogens (tertiary/aromatic N) is 4. The van der Waals surface area contributed by atoms with Crippen molar-refractivity contribution in [2.24, 2.45) is 5.92 Å². The van der Waals surface area contributed by atoms with Crippen LogP contribution in [0.5, 0.6) is 0 Å². The Bertz CT molecular complexity index is 519. The van der Waals surface area contributed by atoms with E-state index in [2.05, 4.69) is 24.8 Å². The maximum Gasteiger partial charge on any atom is 0.226 e. The van der Waals surface area contributed by atoms with Crippen molar-refractivity contribution < 1.29 is 0 Å². The molecule has 1 saturated carbocycles. The van der Waals surface area contributed by atoms with Gasteiger partial charge in [0.05, 0.1) is 6.33 Å². The molecule has 2 aromatic heterocycles. The maximum absolute atomic E-state index is 5.87. The van der Waals surface area contributed by atoms with Crippen molar-refractivity contribution in [3.05, 3.63) is 11.6 Å². The summed E-state index contributed by atoms with van der Waals surface area (Å²) < 4.78 is 0. The summed E-state index contributed by atoms with van der Waals surface area (Å²) in [5, 5.41) is 0.247. The summed E-state index contributed by atoms with van der Waals surface area (Å²) in [6.07, 6.45) is 4.24. The summed E-state index contributed by atoms with van der Waals surface area (Å²) in [5.41, 5.74) is 1.48. The van der Waals surface area contributed by atoms with Gasteiger partial charge in [0.25, 0.3) is 0 Å². The van der Waals surface area contributed by atoms with Gasteiger partial charge in [-0.3, -0.25) is 0 Å². The summed E-state index contributed by atoms with van der Waals surface area (Å²) in [5.74, 6) is 1.64. The van der Waals surface area contributed by atoms with E-state index in [4.69, 9.17) is 11.6 Å². The number of aromatic nitrogens is 4. The molecule has 1 N–H and O–H groups in total. The lowest BCUT2D eigenvalue weighted by atomic mass is 10.3. The number of imidazole rings is 1. The molecule has 6 heteroatoms. The van der Waals surface area contributed by atoms with Gasteiger partial charge in [-0.1, -0.05) is 0 Å². The normalized spacial score (nSPS) is 15.6. The molecule has 0 spiro atoms. The number of hydrogen-bond donors (Lipinski definition) is 1. The van der Waals surface area contributed by atoms with Gasteiger partial charge in [0.15, 0.2) is 11.5 Å². The number of rotatable bonds is 3. The van der Waals surface area contributed by atoms with Crippen LogP contribution < -0.4 is 4.90 Å². The standard InChI is InChI=1S/C10H12ClN5/c1-16(4-6-2-3-6)9-7-8(13-5-12-7)14-10(11)15-9/h5-6H,2-4H2,1H3,(H,12,13,14,15). The molecule has 3 rings (SSSR count). The predicted molar refractivity (Wildman–Crippen MR) is 62.7 cm³/mol. The molecule has 0 unspecified atom stereocenters. The van der Waals surface area contributed by atoms with Crippen LogP contribution in [0.2, 0.25) is 5.28 Å². The number of fused-ring (bicyclic) bond motifs is 1. The average Bonchev–Trinajstić information content (AvgIpc) is 2.93. The molecule has 1 aliphatic rings. The summed E-state index contributed by atoms with van der Waals surface area (Å²) in [4.78, 5) is 17.6. The Balaban J connectivity index is 2.02. The monoisotopic (exact) mass is 237 g/mol. The van der Waals surface area contributed by atoms with Crippen LogP contribution in [-0.4, -0.2) is 33.5 Å². The Labute approximate surface area is 97.9 Å². The van der Waals surface area contributed by atoms with Crippen molar-refractivity contribution in [2.75, 3.05) is 18.5 Å². The van der Waals surface area contributed by atoms with Crippen LogP contribution >= 0.6 is 11.6 Å². The average molecular weight is 238 g/mol. The summed E-state index contributed by atoms with van der Waals surface area (Å²) >= 11 is 5.87. The first-order chi connectivity index (χ1) is 7.74. The number of nitrogens with one attached hydrogen (secondary N) is 1. The first kappa shape index (κ1) is 9.84. The van der Waals surface area contributed by atoms with Crippen LogP contribution in [0, 0.1) is 5.92 Å². The van der Waals surface area contributed by atoms with Gasteiger partial charge >= 0.3 is 0 Å². The van der Waals surface area contributed by atoms with Crippen LogP contribution in [0.4, 0.5) is 5.82 Å². The largest absolute Gasteiger partial charge is 0.357 e. The predicted octanol–water partition coefficient (Wildman–Crippen LogP) is 1.85. The minimum absolute atomic E-state index is 0.247. The minimum atomic E-state index is 0.247. The van der Waals surface area contributed by atoms with E-state index in [0.29, 0.717) is 5.65 Å². The van der Waals surface area contributed by atoms with Gasteiger partial charge in [-0.05, 0) is 30.4 Å². The first-order valence-corrected chi connectivity index (χ1v) is 5.69. The molecule has 0 aromatic carbocycles. The molecule has 0 atom stereocenters. The molecule has 5 nitrogen and oxygen atoms in total. The summed E-state index contributed by atoms with van der Waals surface area (Å²) in [6.45, 7) is 1.02. The van der Waals surface area contributed by atoms with Gasteiger partial charge < -0.3 is 9.88 Å². The van der Waals surface area contributed by atoms with E-state index < -0.39 is 0 Å². The fraction of sp³-hybridized carbons (Fsp3) is 0.500. The lowest BCUT2D eigenvalue weighted by Crippen LogP contribution is -2.21. The van der Waals surface area contributed by atoms with Crippen molar-refractivity contribution in [3.8, 4) is 0 Å². The van der Waals surface area contributed by atoms with E-state index in [0.717, 1.165) is 23.8 Å². The van der Waals surface area contributed by atoms with Crippen molar-refractivity contribution >= 4 is 28.6 Å². The number of aromatic amines is 1. The molecule has 2 heterocycles. The van der Waals surface area contributed by atoms with Crippen molar-refractivity contribution in [1.29, 1.82) is 0 Å². The Kier molecular flexibility index (Phi) is 2.21. The Morgan fingerprint density at radius 3 is 3.06 bits per heavy atom. The SMILES string of the molecule is CN(CC1CC1)c1nc(Cl)nc2nc[nH]c12. The molecule has 2 aromatic rings. The van der Waals surface area contributed by atoms with Crippen LogP contribution in [0.1, 0.15) is 12.8 Å². The van der Waals surface area contributed by atoms with Crippen molar-refractivity contribution in [1.82, 2.24) is 19.9 Å². The van der Waals surface area contributed by atoms with Gasteiger partial charge in [-0.15, -0.1) is 0 Å². The molecule has 0 bridgehead atoms. The highest BCUT2D eigenvalue weighted by molar-refractivity contribution is 6.28. The lowest BCUT2D eigenvalue weighted by Gasteiger charge is -2.17. The Morgan fingerprint density at radius 2 is 2.31 bits per heavy atom. The number of anilines is 1. The molecule has 0 aliphatic heterocycles. The van der Waals surface area contributed by atoms with Crippen LogP contribution in [-0.2, 0) is 0 Å². The molecule has 16 heavy (non-hydrogen) atoms. The first-order valence-electron chi connectivity index (χ1n) is 5.32. The highest BCUT2D eigenvalue weighted by atomic mass is 35.5. The fourth-order valence-electron chi connectivity index (χ4n) is 1.84. The minimum Gasteiger partial charge on any atom is -0.357 e. The highest BCUT2D eigenvalue weighted by Crippen LogP contribution is 2.31. The van der Waals surface area contributed by atoms with E-state index in [1.165, 1.54) is 12.8 Å². The third-order valence-electron chi connectivity index (χ3n) is 2.83. The van der Waals surface area contributed by atoms with E-state index >= 15 is 0 Å². The van der Waals surface area contributed by atoms with Crippen LogP contribution in [0.3, 0.4) is 0 Å². The van der Waals surface area contributed by atoms with E-state index in [1.54, 1.807) is 6.33 Å². The number of H-pyrrole nitrogens is 1. The van der Waals surface area contributed by atoms with Crippen LogP contribution in [0.15, 0.2) is 6.33 Å². The molecule has 1 fully saturated rings. The second-order valence-electron chi connectivity index (χ2n) is 4.24. The zero-order chi connectivity index (χ0) is 11.1. The van der Waals surface area contributed by atoms with Crippen LogP contribution in [0.25, 0.3) is 11.2 Å². The summed E-state index contributed by atoms with van der Waals surface area (Å²) in [7, 11) is 2.03. The fourth-order valence-corrected chi connectivity index (χ4v) is 2.00. The van der Waals surface area contributed by atoms with Gasteiger partial charge in [-0.2, -0.15) is 9.97 Å². The number of hydrogen-bond acceptors (Lipinski definition) is 4. The zero-order valence-corrected chi connectivity index (χ0v) is 9.70. The molecular formula is C10H12ClN5. The molecule has 0 amide bonds. The van der Waals surface area contributed by atoms with Crippen molar-refractivity contribution in [2.45, 2.75) is 12.8 Å². The van der Waals surface area contributed by atoms with Gasteiger partial charge in [0.2, 0.25) is 5.28 Å². The lowest BCUT2D eigenvalue weighted by molar-refractivity contribution is 0.778. The molecule has 0 radical (unpaired) electrons. The van der Waals surface area contributed by atoms with E-state index in [-0.39, 0.29) is 5.28 Å². The second kappa shape index (κ2) is 3.59. The van der Waals surface area contributed by atoms with E-state index in [9.17, 15) is 0 Å². The number of halogens is 1. The Morgan fingerprint density at radius 1 is 1.50 bits per heavy atom. The smallest absolute Gasteiger partial charge is 0.226 e. The second-order valence-corrected chi connectivity index (χ2v) is 4.58. The molecule has 84 valence electrons. The highest BCUT2D eigenvalue weighted by Gasteiger charge is 2.24. The van der Waals surface area contributed by atoms with Gasteiger partial charge in [0, 0.05) is 13.6 Å². The quantitative estimate of drug-likeness (QED) is 0.828. The molecular weight excluding hydrogens is 226 g/mol. The van der Waals surface area contributed by atoms with Gasteiger partial charge in [0.1, 0.15) is 5.52 Å². The van der Waals surface area contributed by atoms with Crippen molar-refractivity contribution in [3.63, 3.8) is 0 Å². The zero-order valence-electron chi connectivity index (χ0n) is 8.94. The van der Waals surface area contributed by atoms with Gasteiger partial charge in [-0.25, -0.2) is 4.98 Å². The maximum atomic E-state index is 5.87. The molecule has 0 saturated heterocycles. The summed E-state index contributed by atoms with van der Waals surface area (Å²) in [6, 6.07) is 0. The third-order valence-corrected chi connectivity index (χ3v) is 3.00. The Hall–Kier alpha value is -1.36. The van der Waals surface area contributed by atoms with E-state index in [1.807, 2.05) is 7.05 Å². The molecule has 1 aliphatic carbocycles. The topological polar surface area (TPSA) is 57.7 Å².